The van der Waals surface area contributed by atoms with Gasteiger partial charge >= 0.3 is 5.97 Å². The lowest BCUT2D eigenvalue weighted by molar-refractivity contribution is -0.154. The zero-order valence-electron chi connectivity index (χ0n) is 13.9. The van der Waals surface area contributed by atoms with Crippen LogP contribution in [-0.4, -0.2) is 48.2 Å². The Morgan fingerprint density at radius 3 is 2.44 bits per heavy atom. The predicted octanol–water partition coefficient (Wildman–Crippen LogP) is 2.37. The molecule has 5 nitrogen and oxygen atoms in total. The minimum absolute atomic E-state index is 0.165. The van der Waals surface area contributed by atoms with Crippen LogP contribution in [0.5, 0.6) is 0 Å². The average Bonchev–Trinajstić information content (AvgIpc) is 2.67. The molecular weight excluding hydrogens is 325 g/mol. The smallest absolute Gasteiger partial charge is 0.334 e. The first-order valence-corrected chi connectivity index (χ1v) is 8.25. The van der Waals surface area contributed by atoms with Gasteiger partial charge in [-0.1, -0.05) is 24.3 Å². The van der Waals surface area contributed by atoms with Crippen LogP contribution in [0, 0.1) is 11.7 Å². The lowest BCUT2D eigenvalue weighted by Crippen LogP contribution is -2.43. The highest BCUT2D eigenvalue weighted by molar-refractivity contribution is 6.07. The van der Waals surface area contributed by atoms with Gasteiger partial charge in [0.2, 0.25) is 0 Å². The first-order chi connectivity index (χ1) is 12.0. The zero-order valence-corrected chi connectivity index (χ0v) is 13.9. The number of hydrogen-bond donors (Lipinski definition) is 1. The van der Waals surface area contributed by atoms with Crippen LogP contribution in [0.25, 0.3) is 10.8 Å². The van der Waals surface area contributed by atoms with Crippen molar-refractivity contribution in [2.45, 2.75) is 18.9 Å². The molecule has 1 aliphatic rings. The summed E-state index contributed by atoms with van der Waals surface area (Å²) in [4.78, 5) is 26.0. The van der Waals surface area contributed by atoms with E-state index in [-0.39, 0.29) is 17.6 Å². The van der Waals surface area contributed by atoms with Crippen LogP contribution in [-0.2, 0) is 9.53 Å². The highest BCUT2D eigenvalue weighted by Crippen LogP contribution is 2.26. The van der Waals surface area contributed by atoms with Crippen LogP contribution >= 0.6 is 0 Å². The summed E-state index contributed by atoms with van der Waals surface area (Å²) in [6, 6.07) is 9.72. The maximum Gasteiger partial charge on any atom is 0.334 e. The minimum Gasteiger partial charge on any atom is -0.467 e. The standard InChI is InChI=1S/C19H20FNO4/c1-25-19(24)17(22)12-8-10-21(11-9-12)18(23)15-6-7-16(20)14-5-3-2-4-13(14)15/h2-7,12,17,22H,8-11H2,1H3/t17-/m1/s1. The van der Waals surface area contributed by atoms with E-state index in [1.165, 1.54) is 19.2 Å². The van der Waals surface area contributed by atoms with E-state index in [1.807, 2.05) is 0 Å². The Balaban J connectivity index is 1.76. The van der Waals surface area contributed by atoms with E-state index in [0.29, 0.717) is 42.3 Å². The number of halogens is 1. The molecule has 2 aromatic carbocycles. The quantitative estimate of drug-likeness (QED) is 0.868. The van der Waals surface area contributed by atoms with Gasteiger partial charge in [0, 0.05) is 24.0 Å². The van der Waals surface area contributed by atoms with E-state index in [1.54, 1.807) is 29.2 Å². The number of likely N-dealkylation sites (tertiary alicyclic amines) is 1. The molecule has 0 saturated carbocycles. The molecule has 1 fully saturated rings. The Morgan fingerprint density at radius 2 is 1.80 bits per heavy atom. The van der Waals surface area contributed by atoms with Crippen molar-refractivity contribution in [2.75, 3.05) is 20.2 Å². The topological polar surface area (TPSA) is 66.8 Å². The van der Waals surface area contributed by atoms with Crippen molar-refractivity contribution in [3.63, 3.8) is 0 Å². The minimum atomic E-state index is -1.16. The summed E-state index contributed by atoms with van der Waals surface area (Å²) in [7, 11) is 1.24. The molecule has 1 saturated heterocycles. The largest absolute Gasteiger partial charge is 0.467 e. The second-order valence-electron chi connectivity index (χ2n) is 6.24. The van der Waals surface area contributed by atoms with Crippen molar-refractivity contribution < 1.29 is 23.8 Å². The summed E-state index contributed by atoms with van der Waals surface area (Å²) in [5.41, 5.74) is 0.462. The summed E-state index contributed by atoms with van der Waals surface area (Å²) in [6.07, 6.45) is -0.128. The molecule has 0 aliphatic carbocycles. The van der Waals surface area contributed by atoms with Gasteiger partial charge in [-0.05, 0) is 36.3 Å². The Kier molecular flexibility index (Phi) is 4.99. The fourth-order valence-electron chi connectivity index (χ4n) is 3.35. The molecule has 1 aliphatic heterocycles. The number of aliphatic hydroxyl groups is 1. The number of methoxy groups -OCH3 is 1. The molecule has 0 unspecified atom stereocenters. The van der Waals surface area contributed by atoms with Crippen molar-refractivity contribution in [3.8, 4) is 0 Å². The van der Waals surface area contributed by atoms with E-state index in [4.69, 9.17) is 0 Å². The van der Waals surface area contributed by atoms with E-state index in [2.05, 4.69) is 4.74 Å². The number of esters is 1. The van der Waals surface area contributed by atoms with Gasteiger partial charge in [-0.25, -0.2) is 9.18 Å². The number of rotatable bonds is 3. The monoisotopic (exact) mass is 345 g/mol. The number of carbonyl (C=O) groups excluding carboxylic acids is 2. The predicted molar refractivity (Wildman–Crippen MR) is 90.6 cm³/mol. The van der Waals surface area contributed by atoms with Crippen LogP contribution < -0.4 is 0 Å². The number of nitrogens with zero attached hydrogens (tertiary/aromatic N) is 1. The fourth-order valence-corrected chi connectivity index (χ4v) is 3.35. The van der Waals surface area contributed by atoms with Crippen LogP contribution in [0.4, 0.5) is 4.39 Å². The Labute approximate surface area is 145 Å². The Bertz CT molecular complexity index is 799. The molecule has 1 amide bonds. The molecule has 132 valence electrons. The van der Waals surface area contributed by atoms with Gasteiger partial charge in [0.15, 0.2) is 6.10 Å². The van der Waals surface area contributed by atoms with E-state index in [9.17, 15) is 19.1 Å². The molecule has 3 rings (SSSR count). The number of aliphatic hydroxyl groups excluding tert-OH is 1. The molecule has 6 heteroatoms. The first kappa shape index (κ1) is 17.4. The van der Waals surface area contributed by atoms with Crippen LogP contribution in [0.1, 0.15) is 23.2 Å². The maximum atomic E-state index is 13.9. The number of benzene rings is 2. The van der Waals surface area contributed by atoms with Gasteiger partial charge in [-0.2, -0.15) is 0 Å². The van der Waals surface area contributed by atoms with Crippen molar-refractivity contribution in [2.24, 2.45) is 5.92 Å². The first-order valence-electron chi connectivity index (χ1n) is 8.25. The van der Waals surface area contributed by atoms with Gasteiger partial charge in [0.05, 0.1) is 7.11 Å². The molecular formula is C19H20FNO4. The highest BCUT2D eigenvalue weighted by atomic mass is 19.1. The number of fused-ring (bicyclic) bond motifs is 1. The van der Waals surface area contributed by atoms with Crippen molar-refractivity contribution in [1.29, 1.82) is 0 Å². The van der Waals surface area contributed by atoms with Gasteiger partial charge in [-0.15, -0.1) is 0 Å². The van der Waals surface area contributed by atoms with Gasteiger partial charge in [-0.3, -0.25) is 4.79 Å². The van der Waals surface area contributed by atoms with Gasteiger partial charge in [0.1, 0.15) is 5.82 Å². The summed E-state index contributed by atoms with van der Waals surface area (Å²) in [5.74, 6) is -1.38. The number of amides is 1. The molecule has 0 bridgehead atoms. The summed E-state index contributed by atoms with van der Waals surface area (Å²) >= 11 is 0. The number of ether oxygens (including phenoxy) is 1. The molecule has 1 atom stereocenters. The summed E-state index contributed by atoms with van der Waals surface area (Å²) < 4.78 is 18.5. The van der Waals surface area contributed by atoms with Gasteiger partial charge in [0.25, 0.3) is 5.91 Å². The average molecular weight is 345 g/mol. The molecule has 1 heterocycles. The van der Waals surface area contributed by atoms with Crippen molar-refractivity contribution >= 4 is 22.6 Å². The fraction of sp³-hybridized carbons (Fsp3) is 0.368. The van der Waals surface area contributed by atoms with Crippen molar-refractivity contribution in [3.05, 3.63) is 47.8 Å². The number of carbonyl (C=O) groups is 2. The van der Waals surface area contributed by atoms with Crippen LogP contribution in [0.15, 0.2) is 36.4 Å². The third kappa shape index (κ3) is 3.35. The third-order valence-corrected chi connectivity index (χ3v) is 4.82. The van der Waals surface area contributed by atoms with Crippen LogP contribution in [0.2, 0.25) is 0 Å². The number of piperidine rings is 1. The SMILES string of the molecule is COC(=O)[C@H](O)C1CCN(C(=O)c2ccc(F)c3ccccc23)CC1. The maximum absolute atomic E-state index is 13.9. The third-order valence-electron chi connectivity index (χ3n) is 4.82. The second kappa shape index (κ2) is 7.19. The normalized spacial score (nSPS) is 16.7. The molecule has 0 spiro atoms. The van der Waals surface area contributed by atoms with Crippen LogP contribution in [0.3, 0.4) is 0 Å². The van der Waals surface area contributed by atoms with E-state index < -0.39 is 12.1 Å². The molecule has 0 radical (unpaired) electrons. The Hall–Kier alpha value is -2.47. The number of hydrogen-bond acceptors (Lipinski definition) is 4. The second-order valence-corrected chi connectivity index (χ2v) is 6.24. The molecule has 25 heavy (non-hydrogen) atoms. The lowest BCUT2D eigenvalue weighted by Gasteiger charge is -2.33. The molecule has 0 aromatic heterocycles. The highest BCUT2D eigenvalue weighted by Gasteiger charge is 2.32. The van der Waals surface area contributed by atoms with E-state index in [0.717, 1.165) is 0 Å². The zero-order chi connectivity index (χ0) is 18.0. The Morgan fingerprint density at radius 1 is 1.16 bits per heavy atom. The molecule has 1 N–H and O–H groups in total. The lowest BCUT2D eigenvalue weighted by atomic mass is 9.90. The van der Waals surface area contributed by atoms with E-state index >= 15 is 0 Å². The molecule has 2 aromatic rings. The summed E-state index contributed by atoms with van der Waals surface area (Å²) in [5, 5.41) is 10.9. The van der Waals surface area contributed by atoms with Gasteiger partial charge < -0.3 is 14.7 Å². The van der Waals surface area contributed by atoms with Crippen molar-refractivity contribution in [1.82, 2.24) is 4.90 Å². The summed E-state index contributed by atoms with van der Waals surface area (Å²) in [6.45, 7) is 0.868.